The molecule has 0 unspecified atom stereocenters. The molecular weight excluding hydrogens is 332 g/mol. The summed E-state index contributed by atoms with van der Waals surface area (Å²) in [6.45, 7) is 0.618. The highest BCUT2D eigenvalue weighted by molar-refractivity contribution is 5.99. The van der Waals surface area contributed by atoms with Crippen molar-refractivity contribution in [3.63, 3.8) is 0 Å². The van der Waals surface area contributed by atoms with Crippen molar-refractivity contribution in [1.29, 1.82) is 0 Å². The molecule has 2 aromatic carbocycles. The number of Topliss-reactive ketones (excluding diaryl/α,β-unsaturated/α-hetero) is 1. The van der Waals surface area contributed by atoms with Crippen LogP contribution in [0.1, 0.15) is 26.3 Å². The molecular formula is C18H15F2NO4. The Morgan fingerprint density at radius 2 is 1.84 bits per heavy atom. The number of hydrogen-bond acceptors (Lipinski definition) is 4. The summed E-state index contributed by atoms with van der Waals surface area (Å²) < 4.78 is 31.1. The lowest BCUT2D eigenvalue weighted by Crippen LogP contribution is -2.31. The van der Waals surface area contributed by atoms with Gasteiger partial charge in [-0.25, -0.2) is 8.78 Å². The minimum atomic E-state index is -0.907. The molecule has 2 rings (SSSR count). The summed E-state index contributed by atoms with van der Waals surface area (Å²) in [5, 5.41) is 2.35. The van der Waals surface area contributed by atoms with Crippen LogP contribution < -0.4 is 5.32 Å². The molecule has 0 heterocycles. The van der Waals surface area contributed by atoms with E-state index in [1.807, 2.05) is 13.0 Å². The van der Waals surface area contributed by atoms with Crippen molar-refractivity contribution in [2.45, 2.75) is 6.92 Å². The quantitative estimate of drug-likeness (QED) is 0.643. The molecule has 1 amide bonds. The predicted octanol–water partition coefficient (Wildman–Crippen LogP) is 2.43. The Labute approximate surface area is 142 Å². The topological polar surface area (TPSA) is 72.5 Å². The zero-order valence-corrected chi connectivity index (χ0v) is 13.3. The SMILES string of the molecule is Cc1cccc(C(=O)NCC(=O)OCC(=O)c2cc(F)ccc2F)c1. The summed E-state index contributed by atoms with van der Waals surface area (Å²) in [5.74, 6) is -3.90. The maximum absolute atomic E-state index is 13.4. The molecule has 0 radical (unpaired) electrons. The molecule has 5 nitrogen and oxygen atoms in total. The zero-order chi connectivity index (χ0) is 18.4. The van der Waals surface area contributed by atoms with Gasteiger partial charge in [-0.3, -0.25) is 14.4 Å². The number of amides is 1. The molecule has 0 saturated heterocycles. The van der Waals surface area contributed by atoms with E-state index in [-0.39, 0.29) is 0 Å². The molecule has 0 aromatic heterocycles. The Morgan fingerprint density at radius 1 is 1.08 bits per heavy atom. The number of carbonyl (C=O) groups is 3. The monoisotopic (exact) mass is 347 g/mol. The van der Waals surface area contributed by atoms with Gasteiger partial charge in [-0.1, -0.05) is 17.7 Å². The van der Waals surface area contributed by atoms with E-state index < -0.39 is 48.0 Å². The molecule has 0 aliphatic rings. The molecule has 25 heavy (non-hydrogen) atoms. The van der Waals surface area contributed by atoms with Crippen LogP contribution in [-0.2, 0) is 9.53 Å². The fraction of sp³-hybridized carbons (Fsp3) is 0.167. The van der Waals surface area contributed by atoms with Gasteiger partial charge in [-0.2, -0.15) is 0 Å². The Balaban J connectivity index is 1.83. The van der Waals surface area contributed by atoms with Gasteiger partial charge in [0.25, 0.3) is 5.91 Å². The number of rotatable bonds is 6. The Hall–Kier alpha value is -3.09. The van der Waals surface area contributed by atoms with E-state index in [2.05, 4.69) is 10.1 Å². The van der Waals surface area contributed by atoms with Gasteiger partial charge >= 0.3 is 5.97 Å². The highest BCUT2D eigenvalue weighted by Gasteiger charge is 2.16. The first-order valence-corrected chi connectivity index (χ1v) is 7.35. The van der Waals surface area contributed by atoms with E-state index in [0.29, 0.717) is 5.56 Å². The third kappa shape index (κ3) is 5.20. The molecule has 0 saturated carbocycles. The molecule has 7 heteroatoms. The summed E-state index contributed by atoms with van der Waals surface area (Å²) in [6.07, 6.45) is 0. The molecule has 130 valence electrons. The van der Waals surface area contributed by atoms with Crippen molar-refractivity contribution in [2.75, 3.05) is 13.2 Å². The highest BCUT2D eigenvalue weighted by Crippen LogP contribution is 2.10. The first kappa shape index (κ1) is 18.3. The van der Waals surface area contributed by atoms with Crippen LogP contribution in [0, 0.1) is 18.6 Å². The first-order chi connectivity index (χ1) is 11.9. The second-order valence-corrected chi connectivity index (χ2v) is 5.26. The summed E-state index contributed by atoms with van der Waals surface area (Å²) in [4.78, 5) is 35.2. The molecule has 0 aliphatic carbocycles. The van der Waals surface area contributed by atoms with Crippen LogP contribution in [0.15, 0.2) is 42.5 Å². The average Bonchev–Trinajstić information content (AvgIpc) is 2.59. The van der Waals surface area contributed by atoms with Crippen LogP contribution in [0.25, 0.3) is 0 Å². The summed E-state index contributed by atoms with van der Waals surface area (Å²) in [5.41, 5.74) is 0.764. The largest absolute Gasteiger partial charge is 0.456 e. The predicted molar refractivity (Wildman–Crippen MR) is 85.2 cm³/mol. The lowest BCUT2D eigenvalue weighted by molar-refractivity contribution is -0.141. The van der Waals surface area contributed by atoms with Gasteiger partial charge < -0.3 is 10.1 Å². The fourth-order valence-electron chi connectivity index (χ4n) is 2.03. The van der Waals surface area contributed by atoms with E-state index in [0.717, 1.165) is 23.8 Å². The summed E-state index contributed by atoms with van der Waals surface area (Å²) >= 11 is 0. The number of hydrogen-bond donors (Lipinski definition) is 1. The van der Waals surface area contributed by atoms with Gasteiger partial charge in [-0.05, 0) is 37.3 Å². The third-order valence-corrected chi connectivity index (χ3v) is 3.27. The van der Waals surface area contributed by atoms with Crippen molar-refractivity contribution in [1.82, 2.24) is 5.32 Å². The molecule has 0 atom stereocenters. The molecule has 2 aromatic rings. The second-order valence-electron chi connectivity index (χ2n) is 5.26. The van der Waals surface area contributed by atoms with Gasteiger partial charge in [0.2, 0.25) is 5.78 Å². The fourth-order valence-corrected chi connectivity index (χ4v) is 2.03. The number of halogens is 2. The molecule has 0 bridgehead atoms. The average molecular weight is 347 g/mol. The van der Waals surface area contributed by atoms with E-state index in [9.17, 15) is 23.2 Å². The summed E-state index contributed by atoms with van der Waals surface area (Å²) in [7, 11) is 0. The Bertz CT molecular complexity index is 820. The van der Waals surface area contributed by atoms with Crippen LogP contribution in [0.4, 0.5) is 8.78 Å². The number of aryl methyl sites for hydroxylation is 1. The number of ether oxygens (including phenoxy) is 1. The van der Waals surface area contributed by atoms with Crippen molar-refractivity contribution in [3.05, 3.63) is 70.8 Å². The van der Waals surface area contributed by atoms with Crippen LogP contribution in [-0.4, -0.2) is 30.8 Å². The normalized spacial score (nSPS) is 10.2. The van der Waals surface area contributed by atoms with Gasteiger partial charge in [0, 0.05) is 5.56 Å². The highest BCUT2D eigenvalue weighted by atomic mass is 19.1. The minimum Gasteiger partial charge on any atom is -0.456 e. The molecule has 1 N–H and O–H groups in total. The minimum absolute atomic E-state index is 0.380. The van der Waals surface area contributed by atoms with E-state index in [1.54, 1.807) is 18.2 Å². The van der Waals surface area contributed by atoms with Crippen LogP contribution in [0.2, 0.25) is 0 Å². The van der Waals surface area contributed by atoms with Crippen molar-refractivity contribution in [2.24, 2.45) is 0 Å². The van der Waals surface area contributed by atoms with Gasteiger partial charge in [0.1, 0.15) is 18.2 Å². The number of nitrogens with one attached hydrogen (secondary N) is 1. The number of benzene rings is 2. The van der Waals surface area contributed by atoms with Crippen molar-refractivity contribution in [3.8, 4) is 0 Å². The van der Waals surface area contributed by atoms with Gasteiger partial charge in [0.15, 0.2) is 6.61 Å². The lowest BCUT2D eigenvalue weighted by Gasteiger charge is -2.07. The number of carbonyl (C=O) groups excluding carboxylic acids is 3. The van der Waals surface area contributed by atoms with E-state index in [1.165, 1.54) is 0 Å². The molecule has 0 fully saturated rings. The summed E-state index contributed by atoms with van der Waals surface area (Å²) in [6, 6.07) is 9.17. The molecule has 0 spiro atoms. The third-order valence-electron chi connectivity index (χ3n) is 3.27. The van der Waals surface area contributed by atoms with Gasteiger partial charge in [-0.15, -0.1) is 0 Å². The molecule has 0 aliphatic heterocycles. The number of esters is 1. The van der Waals surface area contributed by atoms with Crippen molar-refractivity contribution >= 4 is 17.7 Å². The van der Waals surface area contributed by atoms with Gasteiger partial charge in [0.05, 0.1) is 5.56 Å². The smallest absolute Gasteiger partial charge is 0.325 e. The lowest BCUT2D eigenvalue weighted by atomic mass is 10.1. The number of ketones is 1. The van der Waals surface area contributed by atoms with Crippen LogP contribution >= 0.6 is 0 Å². The van der Waals surface area contributed by atoms with Crippen LogP contribution in [0.5, 0.6) is 0 Å². The maximum Gasteiger partial charge on any atom is 0.325 e. The van der Waals surface area contributed by atoms with Crippen molar-refractivity contribution < 1.29 is 27.9 Å². The first-order valence-electron chi connectivity index (χ1n) is 7.35. The maximum atomic E-state index is 13.4. The zero-order valence-electron chi connectivity index (χ0n) is 13.3. The Morgan fingerprint density at radius 3 is 2.56 bits per heavy atom. The standard InChI is InChI=1S/C18H15F2NO4/c1-11-3-2-4-12(7-11)18(24)21-9-17(23)25-10-16(22)14-8-13(19)5-6-15(14)20/h2-8H,9-10H2,1H3,(H,21,24). The van der Waals surface area contributed by atoms with E-state index in [4.69, 9.17) is 0 Å². The second kappa shape index (κ2) is 8.14. The Kier molecular flexibility index (Phi) is 5.94. The van der Waals surface area contributed by atoms with E-state index >= 15 is 0 Å². The van der Waals surface area contributed by atoms with Crippen LogP contribution in [0.3, 0.4) is 0 Å².